The molecule has 0 atom stereocenters. The van der Waals surface area contributed by atoms with Gasteiger partial charge in [0.25, 0.3) is 20.0 Å². The molecule has 2 aliphatic heterocycles. The number of rotatable bonds is 4. The van der Waals surface area contributed by atoms with Gasteiger partial charge >= 0.3 is 0 Å². The average Bonchev–Trinajstić information content (AvgIpc) is 3.18. The molecule has 1 aromatic carbocycles. The molecule has 3 heterocycles. The molecule has 0 bridgehead atoms. The molecule has 28 heavy (non-hydrogen) atoms. The molecule has 12 heteroatoms. The Morgan fingerprint density at radius 3 is 2.61 bits per heavy atom. The third kappa shape index (κ3) is 3.82. The quantitative estimate of drug-likeness (QED) is 0.748. The number of amidine groups is 1. The second-order valence-electron chi connectivity index (χ2n) is 6.39. The highest BCUT2D eigenvalue weighted by Crippen LogP contribution is 2.30. The lowest BCUT2D eigenvalue weighted by molar-refractivity contribution is 0.209. The number of halogens is 1. The Morgan fingerprint density at radius 2 is 1.93 bits per heavy atom. The Labute approximate surface area is 172 Å². The molecule has 4 rings (SSSR count). The molecule has 8 nitrogen and oxygen atoms in total. The van der Waals surface area contributed by atoms with Gasteiger partial charge in [-0.05, 0) is 29.6 Å². The molecule has 1 N–H and O–H groups in total. The van der Waals surface area contributed by atoms with Crippen LogP contribution in [0.5, 0.6) is 0 Å². The van der Waals surface area contributed by atoms with Gasteiger partial charge in [-0.3, -0.25) is 4.90 Å². The summed E-state index contributed by atoms with van der Waals surface area (Å²) in [6, 6.07) is 7.90. The summed E-state index contributed by atoms with van der Waals surface area (Å²) < 4.78 is 55.6. The van der Waals surface area contributed by atoms with E-state index in [2.05, 4.69) is 9.71 Å². The molecular weight excluding hydrogens is 444 g/mol. The van der Waals surface area contributed by atoms with Crippen LogP contribution in [0.4, 0.5) is 5.69 Å². The number of nitrogens with zero attached hydrogens (tertiary/aromatic N) is 3. The van der Waals surface area contributed by atoms with E-state index in [0.29, 0.717) is 46.9 Å². The van der Waals surface area contributed by atoms with Gasteiger partial charge in [-0.2, -0.15) is 12.7 Å². The van der Waals surface area contributed by atoms with E-state index in [0.717, 1.165) is 0 Å². The van der Waals surface area contributed by atoms with Crippen LogP contribution < -0.4 is 5.32 Å². The van der Waals surface area contributed by atoms with Crippen LogP contribution in [-0.2, 0) is 20.0 Å². The lowest BCUT2D eigenvalue weighted by atomic mass is 10.3. The molecule has 150 valence electrons. The molecule has 1 fully saturated rings. The minimum absolute atomic E-state index is 0.0515. The molecule has 2 aliphatic rings. The summed E-state index contributed by atoms with van der Waals surface area (Å²) in [6.45, 7) is 1.94. The van der Waals surface area contributed by atoms with Gasteiger partial charge in [0.15, 0.2) is 0 Å². The van der Waals surface area contributed by atoms with E-state index < -0.39 is 20.0 Å². The number of fused-ring (bicyclic) bond motifs is 1. The van der Waals surface area contributed by atoms with Crippen LogP contribution in [-0.4, -0.2) is 64.6 Å². The fourth-order valence-corrected chi connectivity index (χ4v) is 7.10. The molecule has 2 aromatic rings. The zero-order valence-corrected chi connectivity index (χ0v) is 17.8. The predicted molar refractivity (Wildman–Crippen MR) is 109 cm³/mol. The van der Waals surface area contributed by atoms with E-state index in [4.69, 9.17) is 11.6 Å². The largest absolute Gasteiger partial charge is 0.341 e. The lowest BCUT2D eigenvalue weighted by Gasteiger charge is -2.34. The maximum absolute atomic E-state index is 12.6. The van der Waals surface area contributed by atoms with Gasteiger partial charge in [-0.15, -0.1) is 15.7 Å². The summed E-state index contributed by atoms with van der Waals surface area (Å²) in [6.07, 6.45) is 0. The van der Waals surface area contributed by atoms with Crippen molar-refractivity contribution in [3.8, 4) is 0 Å². The zero-order valence-electron chi connectivity index (χ0n) is 14.6. The third-order valence-electron chi connectivity index (χ3n) is 4.52. The highest BCUT2D eigenvalue weighted by atomic mass is 35.5. The van der Waals surface area contributed by atoms with Crippen LogP contribution in [0.15, 0.2) is 49.2 Å². The van der Waals surface area contributed by atoms with Crippen molar-refractivity contribution in [3.63, 3.8) is 0 Å². The first-order valence-corrected chi connectivity index (χ1v) is 12.6. The van der Waals surface area contributed by atoms with Crippen LogP contribution in [0.3, 0.4) is 0 Å². The van der Waals surface area contributed by atoms with Crippen molar-refractivity contribution in [2.45, 2.75) is 9.10 Å². The van der Waals surface area contributed by atoms with E-state index in [1.807, 2.05) is 4.90 Å². The molecule has 0 saturated carbocycles. The van der Waals surface area contributed by atoms with Gasteiger partial charge < -0.3 is 5.32 Å². The van der Waals surface area contributed by atoms with E-state index in [1.54, 1.807) is 29.6 Å². The standard InChI is InChI=1S/C16H17ClN4O4S3/c17-12-3-4-13-14(10-12)27(22,23)19-15(18-13)11-20-5-7-21(8-6-20)28(24,25)16-2-1-9-26-16/h1-4,9-10H,5-8,11H2,(H,18,19). The Hall–Kier alpha value is -1.50. The number of hydrogen-bond donors (Lipinski definition) is 1. The fourth-order valence-electron chi connectivity index (χ4n) is 3.13. The third-order valence-corrected chi connectivity index (χ3v) is 9.39. The number of anilines is 1. The van der Waals surface area contributed by atoms with Gasteiger partial charge in [-0.1, -0.05) is 17.7 Å². The molecular formula is C16H17ClN4O4S3. The molecule has 0 amide bonds. The average molecular weight is 461 g/mol. The molecule has 0 unspecified atom stereocenters. The highest BCUT2D eigenvalue weighted by Gasteiger charge is 2.31. The Kier molecular flexibility index (Phi) is 5.23. The minimum atomic E-state index is -3.82. The van der Waals surface area contributed by atoms with Gasteiger partial charge in [0.2, 0.25) is 0 Å². The second kappa shape index (κ2) is 7.39. The number of thiophene rings is 1. The van der Waals surface area contributed by atoms with E-state index >= 15 is 0 Å². The number of piperazine rings is 1. The maximum atomic E-state index is 12.6. The summed E-state index contributed by atoms with van der Waals surface area (Å²) in [5.74, 6) is 0.310. The van der Waals surface area contributed by atoms with Crippen LogP contribution in [0, 0.1) is 0 Å². The van der Waals surface area contributed by atoms with Crippen molar-refractivity contribution in [2.75, 3.05) is 38.0 Å². The summed E-state index contributed by atoms with van der Waals surface area (Å²) >= 11 is 7.08. The first-order valence-electron chi connectivity index (χ1n) is 8.42. The van der Waals surface area contributed by atoms with Crippen molar-refractivity contribution >= 4 is 54.5 Å². The van der Waals surface area contributed by atoms with Crippen LogP contribution >= 0.6 is 22.9 Å². The van der Waals surface area contributed by atoms with Crippen molar-refractivity contribution in [1.82, 2.24) is 9.21 Å². The normalized spacial score (nSPS) is 20.2. The van der Waals surface area contributed by atoms with Crippen molar-refractivity contribution in [2.24, 2.45) is 4.40 Å². The van der Waals surface area contributed by atoms with Gasteiger partial charge in [0, 0.05) is 31.2 Å². The maximum Gasteiger partial charge on any atom is 0.286 e. The fraction of sp³-hybridized carbons (Fsp3) is 0.312. The topological polar surface area (TPSA) is 99.2 Å². The van der Waals surface area contributed by atoms with Gasteiger partial charge in [-0.25, -0.2) is 8.42 Å². The number of nitrogens with one attached hydrogen (secondary N) is 1. The van der Waals surface area contributed by atoms with E-state index in [-0.39, 0.29) is 11.4 Å². The predicted octanol–water partition coefficient (Wildman–Crippen LogP) is 1.92. The van der Waals surface area contributed by atoms with E-state index in [1.165, 1.54) is 21.7 Å². The monoisotopic (exact) mass is 460 g/mol. The molecule has 0 radical (unpaired) electrons. The van der Waals surface area contributed by atoms with Gasteiger partial charge in [0.05, 0.1) is 12.2 Å². The number of hydrogen-bond acceptors (Lipinski definition) is 7. The Morgan fingerprint density at radius 1 is 1.18 bits per heavy atom. The number of benzene rings is 1. The summed E-state index contributed by atoms with van der Waals surface area (Å²) in [4.78, 5) is 2.03. The van der Waals surface area contributed by atoms with Crippen LogP contribution in [0.25, 0.3) is 0 Å². The highest BCUT2D eigenvalue weighted by molar-refractivity contribution is 7.91. The van der Waals surface area contributed by atoms with Crippen molar-refractivity contribution < 1.29 is 16.8 Å². The number of sulfonamides is 2. The summed E-state index contributed by atoms with van der Waals surface area (Å²) in [7, 11) is -7.29. The van der Waals surface area contributed by atoms with Crippen LogP contribution in [0.1, 0.15) is 0 Å². The van der Waals surface area contributed by atoms with Gasteiger partial charge in [0.1, 0.15) is 14.9 Å². The zero-order chi connectivity index (χ0) is 19.9. The molecule has 1 saturated heterocycles. The molecule has 0 aliphatic carbocycles. The first-order chi connectivity index (χ1) is 13.3. The first kappa shape index (κ1) is 19.8. The smallest absolute Gasteiger partial charge is 0.286 e. The van der Waals surface area contributed by atoms with E-state index in [9.17, 15) is 16.8 Å². The van der Waals surface area contributed by atoms with Crippen molar-refractivity contribution in [3.05, 3.63) is 40.7 Å². The molecule has 1 aromatic heterocycles. The lowest BCUT2D eigenvalue weighted by Crippen LogP contribution is -2.50. The SMILES string of the molecule is O=S1(=O)N=C(CN2CCN(S(=O)(=O)c3cccs3)CC2)Nc2ccc(Cl)cc21. The van der Waals surface area contributed by atoms with Crippen LogP contribution in [0.2, 0.25) is 5.02 Å². The van der Waals surface area contributed by atoms with Crippen molar-refractivity contribution in [1.29, 1.82) is 0 Å². The Bertz CT molecular complexity index is 1120. The summed E-state index contributed by atoms with van der Waals surface area (Å²) in [5, 5.41) is 5.09. The second-order valence-corrected chi connectivity index (χ2v) is 11.5. The summed E-state index contributed by atoms with van der Waals surface area (Å²) in [5.41, 5.74) is 0.438. The minimum Gasteiger partial charge on any atom is -0.341 e. The molecule has 0 spiro atoms. The Balaban J connectivity index is 1.43.